The van der Waals surface area contributed by atoms with E-state index in [2.05, 4.69) is 16.0 Å². The van der Waals surface area contributed by atoms with Crippen molar-refractivity contribution in [1.29, 1.82) is 0 Å². The lowest BCUT2D eigenvalue weighted by Gasteiger charge is -2.40. The summed E-state index contributed by atoms with van der Waals surface area (Å²) in [5.41, 5.74) is 5.20. The minimum absolute atomic E-state index is 0.272. The van der Waals surface area contributed by atoms with Crippen LogP contribution in [0.5, 0.6) is 5.75 Å². The molecule has 1 aliphatic heterocycles. The number of ketones is 1. The lowest BCUT2D eigenvalue weighted by atomic mass is 9.77. The Bertz CT molecular complexity index is 1230. The van der Waals surface area contributed by atoms with Crippen LogP contribution >= 0.6 is 0 Å². The van der Waals surface area contributed by atoms with Gasteiger partial charge in [-0.25, -0.2) is 4.79 Å². The highest BCUT2D eigenvalue weighted by Gasteiger charge is 2.44. The number of nitrogens with one attached hydrogen (secondary N) is 3. The van der Waals surface area contributed by atoms with Crippen LogP contribution in [-0.4, -0.2) is 71.8 Å². The third-order valence-electron chi connectivity index (χ3n) is 9.23. The first-order chi connectivity index (χ1) is 20.8. The van der Waals surface area contributed by atoms with Crippen LogP contribution in [0.1, 0.15) is 90.5 Å². The van der Waals surface area contributed by atoms with E-state index in [4.69, 9.17) is 10.5 Å². The van der Waals surface area contributed by atoms with E-state index in [0.29, 0.717) is 32.2 Å². The standard InChI is InChI=1S/C33H49N5O6/c1-32(2,3)27(36-31(43)37-33(15-6-5-7-16-33)20-22-10-8-11-23(18-22)44-4)30(42)38-17-9-12-25(38)29(41)35-24(19-21-13-14-21)26(39)28(34)40/h8,10-11,18,21,24-25,27H,5-7,9,12-17,19-20H2,1-4H3,(H2,34,40)(H,35,41)(H2,36,37,43)/t24?,25-,27?/m0/s1. The summed E-state index contributed by atoms with van der Waals surface area (Å²) < 4.78 is 5.40. The molecule has 44 heavy (non-hydrogen) atoms. The van der Waals surface area contributed by atoms with Gasteiger partial charge in [0.1, 0.15) is 17.8 Å². The maximum absolute atomic E-state index is 14.0. The first-order valence-electron chi connectivity index (χ1n) is 16.0. The van der Waals surface area contributed by atoms with Crippen molar-refractivity contribution in [1.82, 2.24) is 20.9 Å². The Morgan fingerprint density at radius 1 is 1.02 bits per heavy atom. The lowest BCUT2D eigenvalue weighted by molar-refractivity contribution is -0.143. The quantitative estimate of drug-likeness (QED) is 0.266. The van der Waals surface area contributed by atoms with Crippen molar-refractivity contribution in [3.05, 3.63) is 29.8 Å². The molecule has 11 nitrogen and oxygen atoms in total. The summed E-state index contributed by atoms with van der Waals surface area (Å²) in [4.78, 5) is 66.6. The van der Waals surface area contributed by atoms with Gasteiger partial charge in [0.15, 0.2) is 0 Å². The molecule has 3 atom stereocenters. The van der Waals surface area contributed by atoms with Gasteiger partial charge in [0, 0.05) is 12.1 Å². The summed E-state index contributed by atoms with van der Waals surface area (Å²) in [5.74, 6) is -1.70. The van der Waals surface area contributed by atoms with Crippen molar-refractivity contribution in [3.63, 3.8) is 0 Å². The lowest BCUT2D eigenvalue weighted by Crippen LogP contribution is -2.62. The predicted molar refractivity (Wildman–Crippen MR) is 166 cm³/mol. The molecule has 11 heteroatoms. The average Bonchev–Trinajstić information content (AvgIpc) is 3.65. The first-order valence-corrected chi connectivity index (χ1v) is 16.0. The van der Waals surface area contributed by atoms with Crippen LogP contribution in [0, 0.1) is 11.3 Å². The van der Waals surface area contributed by atoms with Gasteiger partial charge in [-0.1, -0.05) is 65.0 Å². The second-order valence-corrected chi connectivity index (χ2v) is 13.9. The maximum Gasteiger partial charge on any atom is 0.315 e. The predicted octanol–water partition coefficient (Wildman–Crippen LogP) is 2.98. The van der Waals surface area contributed by atoms with Crippen molar-refractivity contribution in [2.45, 2.75) is 115 Å². The Balaban J connectivity index is 1.46. The minimum atomic E-state index is -1.08. The van der Waals surface area contributed by atoms with E-state index < -0.39 is 52.7 Å². The molecule has 1 saturated heterocycles. The summed E-state index contributed by atoms with van der Waals surface area (Å²) in [7, 11) is 1.63. The van der Waals surface area contributed by atoms with Crippen molar-refractivity contribution >= 4 is 29.5 Å². The van der Waals surface area contributed by atoms with Crippen LogP contribution in [0.2, 0.25) is 0 Å². The molecular formula is C33H49N5O6. The number of hydrogen-bond donors (Lipinski definition) is 4. The molecule has 3 aliphatic rings. The zero-order valence-electron chi connectivity index (χ0n) is 26.6. The van der Waals surface area contributed by atoms with Gasteiger partial charge in [-0.05, 0) is 67.6 Å². The van der Waals surface area contributed by atoms with E-state index in [0.717, 1.165) is 56.3 Å². The van der Waals surface area contributed by atoms with Gasteiger partial charge in [0.2, 0.25) is 17.6 Å². The van der Waals surface area contributed by atoms with Crippen molar-refractivity contribution in [2.75, 3.05) is 13.7 Å². The van der Waals surface area contributed by atoms with Crippen LogP contribution in [0.15, 0.2) is 24.3 Å². The van der Waals surface area contributed by atoms with Gasteiger partial charge in [-0.3, -0.25) is 19.2 Å². The SMILES string of the molecule is COc1cccc(CC2(NC(=O)NC(C(=O)N3CCC[C@H]3C(=O)NC(CC3CC3)C(=O)C(N)=O)C(C)(C)C)CCCCC2)c1. The summed E-state index contributed by atoms with van der Waals surface area (Å²) in [6.07, 6.45) is 8.66. The van der Waals surface area contributed by atoms with Crippen molar-refractivity contribution < 1.29 is 28.7 Å². The highest BCUT2D eigenvalue weighted by atomic mass is 16.5. The number of rotatable bonds is 12. The number of benzene rings is 1. The molecule has 0 aromatic heterocycles. The summed E-state index contributed by atoms with van der Waals surface area (Å²) >= 11 is 0. The molecule has 242 valence electrons. The summed E-state index contributed by atoms with van der Waals surface area (Å²) in [6, 6.07) is 4.74. The number of ether oxygens (including phenoxy) is 1. The van der Waals surface area contributed by atoms with Crippen LogP contribution in [0.25, 0.3) is 0 Å². The minimum Gasteiger partial charge on any atom is -0.497 e. The zero-order chi connectivity index (χ0) is 32.1. The Hall–Kier alpha value is -3.63. The zero-order valence-corrected chi connectivity index (χ0v) is 26.6. The number of carbonyl (C=O) groups excluding carboxylic acids is 5. The van der Waals surface area contributed by atoms with Crippen molar-refractivity contribution in [2.24, 2.45) is 17.1 Å². The maximum atomic E-state index is 14.0. The normalized spacial score (nSPS) is 21.1. The molecule has 2 unspecified atom stereocenters. The fourth-order valence-electron chi connectivity index (χ4n) is 6.63. The number of carbonyl (C=O) groups is 5. The molecule has 1 aromatic carbocycles. The van der Waals surface area contributed by atoms with Crippen LogP contribution in [-0.2, 0) is 25.6 Å². The van der Waals surface area contributed by atoms with Crippen molar-refractivity contribution in [3.8, 4) is 5.75 Å². The molecule has 0 spiro atoms. The van der Waals surface area contributed by atoms with Gasteiger partial charge >= 0.3 is 6.03 Å². The smallest absolute Gasteiger partial charge is 0.315 e. The van der Waals surface area contributed by atoms with E-state index in [1.807, 2.05) is 45.0 Å². The molecule has 2 aliphatic carbocycles. The largest absolute Gasteiger partial charge is 0.497 e. The monoisotopic (exact) mass is 611 g/mol. The van der Waals surface area contributed by atoms with Gasteiger partial charge in [0.25, 0.3) is 5.91 Å². The van der Waals surface area contributed by atoms with Gasteiger partial charge in [0.05, 0.1) is 13.2 Å². The third kappa shape index (κ3) is 8.51. The van der Waals surface area contributed by atoms with Gasteiger partial charge < -0.3 is 31.3 Å². The van der Waals surface area contributed by atoms with E-state index in [-0.39, 0.29) is 11.8 Å². The number of amides is 5. The van der Waals surface area contributed by atoms with Gasteiger partial charge in [-0.15, -0.1) is 0 Å². The van der Waals surface area contributed by atoms with E-state index >= 15 is 0 Å². The Kier molecular flexibility index (Phi) is 10.6. The molecule has 5 N–H and O–H groups in total. The van der Waals surface area contributed by atoms with Gasteiger partial charge in [-0.2, -0.15) is 0 Å². The summed E-state index contributed by atoms with van der Waals surface area (Å²) in [6.45, 7) is 5.99. The number of primary amides is 1. The van der Waals surface area contributed by atoms with E-state index in [1.54, 1.807) is 7.11 Å². The molecule has 1 aromatic rings. The molecule has 2 saturated carbocycles. The number of likely N-dealkylation sites (tertiary alicyclic amines) is 1. The Labute approximate surface area is 260 Å². The number of urea groups is 1. The van der Waals surface area contributed by atoms with E-state index in [1.165, 1.54) is 4.90 Å². The molecule has 0 bridgehead atoms. The number of methoxy groups -OCH3 is 1. The third-order valence-corrected chi connectivity index (χ3v) is 9.23. The summed E-state index contributed by atoms with van der Waals surface area (Å²) in [5, 5.41) is 8.93. The van der Waals surface area contributed by atoms with E-state index in [9.17, 15) is 24.0 Å². The molecule has 1 heterocycles. The molecular weight excluding hydrogens is 562 g/mol. The highest BCUT2D eigenvalue weighted by Crippen LogP contribution is 2.34. The second-order valence-electron chi connectivity index (χ2n) is 13.9. The number of nitrogens with two attached hydrogens (primary N) is 1. The fraction of sp³-hybridized carbons (Fsp3) is 0.667. The second kappa shape index (κ2) is 14.0. The topological polar surface area (TPSA) is 160 Å². The Morgan fingerprint density at radius 3 is 2.34 bits per heavy atom. The highest BCUT2D eigenvalue weighted by molar-refractivity contribution is 6.37. The first kappa shape index (κ1) is 33.3. The number of Topliss-reactive ketones (excluding diaryl/α,β-unsaturated/α-hetero) is 1. The number of nitrogens with zero attached hydrogens (tertiary/aromatic N) is 1. The molecule has 4 rings (SSSR count). The number of hydrogen-bond acceptors (Lipinski definition) is 6. The molecule has 3 fully saturated rings. The Morgan fingerprint density at radius 2 is 1.73 bits per heavy atom. The van der Waals surface area contributed by atoms with Crippen LogP contribution in [0.3, 0.4) is 0 Å². The van der Waals surface area contributed by atoms with Crippen LogP contribution < -0.4 is 26.4 Å². The van der Waals surface area contributed by atoms with Crippen LogP contribution in [0.4, 0.5) is 4.79 Å². The fourth-order valence-corrected chi connectivity index (χ4v) is 6.63. The average molecular weight is 612 g/mol. The molecule has 0 radical (unpaired) electrons. The molecule has 5 amide bonds.